The molecule has 0 bridgehead atoms. The van der Waals surface area contributed by atoms with E-state index in [9.17, 15) is 5.11 Å². The van der Waals surface area contributed by atoms with E-state index in [4.69, 9.17) is 4.74 Å². The molecule has 134 valence electrons. The molecule has 0 heterocycles. The zero-order chi connectivity index (χ0) is 18.3. The Kier molecular flexibility index (Phi) is 6.67. The monoisotopic (exact) mass is 342 g/mol. The van der Waals surface area contributed by atoms with Crippen molar-refractivity contribution in [2.75, 3.05) is 34.3 Å². The highest BCUT2D eigenvalue weighted by atomic mass is 16.5. The van der Waals surface area contributed by atoms with Gasteiger partial charge in [-0.25, -0.2) is 0 Å². The van der Waals surface area contributed by atoms with Crippen molar-refractivity contribution in [3.8, 4) is 5.75 Å². The molecule has 0 saturated heterocycles. The minimum atomic E-state index is -0.495. The van der Waals surface area contributed by atoms with Gasteiger partial charge >= 0.3 is 0 Å². The summed E-state index contributed by atoms with van der Waals surface area (Å²) in [7, 11) is 6.12. The SMILES string of the molecule is CCc1ccc(N=Nc2ccc(OCC(O)C[N+](C)(C)C)cc2)cc1. The number of rotatable bonds is 8. The standard InChI is InChI=1S/C20H28N3O2/c1-5-16-6-8-17(9-7-16)21-22-18-10-12-20(13-11-18)25-15-19(24)14-23(2,3)4/h6-13,19,24H,5,14-15H2,1-4H3/q+1. The second-order valence-corrected chi connectivity index (χ2v) is 7.15. The van der Waals surface area contributed by atoms with Crippen LogP contribution in [0.4, 0.5) is 11.4 Å². The molecule has 2 rings (SSSR count). The number of aryl methyl sites for hydroxylation is 1. The Morgan fingerprint density at radius 2 is 1.44 bits per heavy atom. The lowest BCUT2D eigenvalue weighted by molar-refractivity contribution is -0.873. The average molecular weight is 342 g/mol. The van der Waals surface area contributed by atoms with E-state index >= 15 is 0 Å². The Morgan fingerprint density at radius 3 is 1.92 bits per heavy atom. The lowest BCUT2D eigenvalue weighted by Gasteiger charge is -2.26. The zero-order valence-electron chi connectivity index (χ0n) is 15.5. The number of aliphatic hydroxyl groups is 1. The van der Waals surface area contributed by atoms with Gasteiger partial charge in [0.25, 0.3) is 0 Å². The first-order valence-corrected chi connectivity index (χ1v) is 8.58. The van der Waals surface area contributed by atoms with E-state index in [0.717, 1.165) is 17.8 Å². The van der Waals surface area contributed by atoms with E-state index in [1.165, 1.54) is 5.56 Å². The first kappa shape index (κ1) is 19.1. The van der Waals surface area contributed by atoms with Crippen LogP contribution in [-0.2, 0) is 6.42 Å². The maximum absolute atomic E-state index is 9.97. The number of hydrogen-bond acceptors (Lipinski definition) is 4. The van der Waals surface area contributed by atoms with Gasteiger partial charge in [0.2, 0.25) is 0 Å². The lowest BCUT2D eigenvalue weighted by atomic mass is 10.2. The van der Waals surface area contributed by atoms with Crippen LogP contribution in [0.1, 0.15) is 12.5 Å². The largest absolute Gasteiger partial charge is 0.491 e. The highest BCUT2D eigenvalue weighted by molar-refractivity contribution is 5.43. The fourth-order valence-corrected chi connectivity index (χ4v) is 2.40. The van der Waals surface area contributed by atoms with E-state index in [-0.39, 0.29) is 6.61 Å². The van der Waals surface area contributed by atoms with E-state index in [2.05, 4.69) is 29.3 Å². The van der Waals surface area contributed by atoms with E-state index in [1.54, 1.807) is 0 Å². The zero-order valence-corrected chi connectivity index (χ0v) is 15.5. The van der Waals surface area contributed by atoms with E-state index < -0.39 is 6.10 Å². The molecule has 25 heavy (non-hydrogen) atoms. The van der Waals surface area contributed by atoms with Crippen molar-refractivity contribution in [3.05, 3.63) is 54.1 Å². The predicted molar refractivity (Wildman–Crippen MR) is 101 cm³/mol. The van der Waals surface area contributed by atoms with Crippen LogP contribution in [-0.4, -0.2) is 50.0 Å². The van der Waals surface area contributed by atoms with Gasteiger partial charge in [-0.2, -0.15) is 10.2 Å². The maximum atomic E-state index is 9.97. The number of azo groups is 1. The summed E-state index contributed by atoms with van der Waals surface area (Å²) in [6, 6.07) is 15.4. The normalized spacial score (nSPS) is 13.2. The molecule has 0 saturated carbocycles. The Labute approximate surface area is 150 Å². The molecule has 0 aliphatic carbocycles. The number of quaternary nitrogens is 1. The number of likely N-dealkylation sites (N-methyl/N-ethyl adjacent to an activating group) is 1. The van der Waals surface area contributed by atoms with Crippen molar-refractivity contribution >= 4 is 11.4 Å². The molecule has 0 aliphatic heterocycles. The highest BCUT2D eigenvalue weighted by Gasteiger charge is 2.15. The molecule has 1 N–H and O–H groups in total. The molecule has 1 atom stereocenters. The van der Waals surface area contributed by atoms with Crippen LogP contribution in [0.15, 0.2) is 58.8 Å². The van der Waals surface area contributed by atoms with Crippen LogP contribution < -0.4 is 4.74 Å². The van der Waals surface area contributed by atoms with Gasteiger partial charge in [0.15, 0.2) is 0 Å². The topological polar surface area (TPSA) is 54.2 Å². The molecule has 1 unspecified atom stereocenters. The summed E-state index contributed by atoms with van der Waals surface area (Å²) in [6.07, 6.45) is 0.521. The van der Waals surface area contributed by atoms with Crippen molar-refractivity contribution < 1.29 is 14.3 Å². The van der Waals surface area contributed by atoms with E-state index in [0.29, 0.717) is 16.8 Å². The molecular formula is C20H28N3O2+. The second-order valence-electron chi connectivity index (χ2n) is 7.15. The van der Waals surface area contributed by atoms with E-state index in [1.807, 2.05) is 57.5 Å². The number of ether oxygens (including phenoxy) is 1. The molecule has 2 aromatic carbocycles. The van der Waals surface area contributed by atoms with Crippen molar-refractivity contribution in [2.45, 2.75) is 19.4 Å². The molecule has 2 aromatic rings. The maximum Gasteiger partial charge on any atom is 0.137 e. The average Bonchev–Trinajstić information content (AvgIpc) is 2.58. The van der Waals surface area contributed by atoms with Gasteiger partial charge in [-0.3, -0.25) is 0 Å². The van der Waals surface area contributed by atoms with Crippen molar-refractivity contribution in [1.29, 1.82) is 0 Å². The Hall–Kier alpha value is -2.24. The first-order chi connectivity index (χ1) is 11.9. The Bertz CT molecular complexity index is 674. The summed E-state index contributed by atoms with van der Waals surface area (Å²) in [5.41, 5.74) is 2.88. The van der Waals surface area contributed by atoms with Gasteiger partial charge in [-0.15, -0.1) is 0 Å². The Morgan fingerprint density at radius 1 is 0.920 bits per heavy atom. The highest BCUT2D eigenvalue weighted by Crippen LogP contribution is 2.21. The minimum absolute atomic E-state index is 0.278. The summed E-state index contributed by atoms with van der Waals surface area (Å²) in [5, 5.41) is 18.4. The third kappa shape index (κ3) is 7.03. The summed E-state index contributed by atoms with van der Waals surface area (Å²) < 4.78 is 6.32. The molecular weight excluding hydrogens is 314 g/mol. The summed E-state index contributed by atoms with van der Waals surface area (Å²) in [4.78, 5) is 0. The second kappa shape index (κ2) is 8.74. The lowest BCUT2D eigenvalue weighted by Crippen LogP contribution is -2.43. The molecule has 5 nitrogen and oxygen atoms in total. The van der Waals surface area contributed by atoms with Gasteiger partial charge < -0.3 is 14.3 Å². The Balaban J connectivity index is 1.87. The molecule has 5 heteroatoms. The van der Waals surface area contributed by atoms with Gasteiger partial charge in [0.05, 0.1) is 32.5 Å². The van der Waals surface area contributed by atoms with Gasteiger partial charge in [-0.1, -0.05) is 19.1 Å². The minimum Gasteiger partial charge on any atom is -0.491 e. The van der Waals surface area contributed by atoms with Crippen LogP contribution >= 0.6 is 0 Å². The summed E-state index contributed by atoms with van der Waals surface area (Å²) >= 11 is 0. The molecule has 0 aliphatic rings. The van der Waals surface area contributed by atoms with Gasteiger partial charge in [0, 0.05) is 0 Å². The number of hydrogen-bond donors (Lipinski definition) is 1. The predicted octanol–water partition coefficient (Wildman–Crippen LogP) is 4.11. The number of nitrogens with zero attached hydrogens (tertiary/aromatic N) is 3. The third-order valence-electron chi connectivity index (χ3n) is 3.66. The molecule has 0 aromatic heterocycles. The fourth-order valence-electron chi connectivity index (χ4n) is 2.40. The molecule has 0 amide bonds. The first-order valence-electron chi connectivity index (χ1n) is 8.58. The quantitative estimate of drug-likeness (QED) is 0.580. The van der Waals surface area contributed by atoms with Crippen molar-refractivity contribution in [1.82, 2.24) is 0 Å². The summed E-state index contributed by atoms with van der Waals surface area (Å²) in [6.45, 7) is 3.05. The van der Waals surface area contributed by atoms with Crippen molar-refractivity contribution in [3.63, 3.8) is 0 Å². The molecule has 0 radical (unpaired) electrons. The van der Waals surface area contributed by atoms with Crippen LogP contribution in [0.3, 0.4) is 0 Å². The van der Waals surface area contributed by atoms with Crippen molar-refractivity contribution in [2.24, 2.45) is 10.2 Å². The van der Waals surface area contributed by atoms with Crippen LogP contribution in [0.5, 0.6) is 5.75 Å². The third-order valence-corrected chi connectivity index (χ3v) is 3.66. The number of benzene rings is 2. The fraction of sp³-hybridized carbons (Fsp3) is 0.400. The van der Waals surface area contributed by atoms with Gasteiger partial charge in [0.1, 0.15) is 25.0 Å². The van der Waals surface area contributed by atoms with Crippen LogP contribution in [0.25, 0.3) is 0 Å². The molecule has 0 spiro atoms. The smallest absolute Gasteiger partial charge is 0.137 e. The summed E-state index contributed by atoms with van der Waals surface area (Å²) in [5.74, 6) is 0.715. The van der Waals surface area contributed by atoms with Gasteiger partial charge in [-0.05, 0) is 48.4 Å². The van der Waals surface area contributed by atoms with Crippen LogP contribution in [0, 0.1) is 0 Å². The number of aliphatic hydroxyl groups excluding tert-OH is 1. The molecule has 0 fully saturated rings. The van der Waals surface area contributed by atoms with Crippen LogP contribution in [0.2, 0.25) is 0 Å².